The van der Waals surface area contributed by atoms with E-state index in [1.54, 1.807) is 47.0 Å². The van der Waals surface area contributed by atoms with Gasteiger partial charge in [0.1, 0.15) is 0 Å². The Balaban J connectivity index is 1.25. The van der Waals surface area contributed by atoms with E-state index in [1.807, 2.05) is 84.9 Å². The van der Waals surface area contributed by atoms with Crippen LogP contribution in [0.15, 0.2) is 158 Å². The lowest BCUT2D eigenvalue weighted by molar-refractivity contribution is -0.143. The van der Waals surface area contributed by atoms with E-state index in [4.69, 9.17) is 0 Å². The van der Waals surface area contributed by atoms with Gasteiger partial charge in [-0.25, -0.2) is 4.90 Å². The molecule has 0 unspecified atom stereocenters. The molecule has 9 rings (SSSR count). The van der Waals surface area contributed by atoms with Crippen LogP contribution >= 0.6 is 0 Å². The molecule has 1 aliphatic heterocycles. The standard InChI is InChI=1S/C46H26F6N2O2/c47-45(48,49)32-22-31(23-33(26-32)46(50,51)52)30-19-21-36-35-14-7-8-16-38(35)53(41(36)25-30)39-17-9-15-37-42(39)44(56)54(43(37)55)40-24-29(27-10-3-1-4-11-27)18-20-34(40)28-12-5-2-6-13-28/h1-26H. The van der Waals surface area contributed by atoms with E-state index in [0.29, 0.717) is 45.5 Å². The number of rotatable bonds is 5. The first-order chi connectivity index (χ1) is 26.9. The molecule has 10 heteroatoms. The Morgan fingerprint density at radius 1 is 0.393 bits per heavy atom. The highest BCUT2D eigenvalue weighted by Crippen LogP contribution is 2.44. The summed E-state index contributed by atoms with van der Waals surface area (Å²) in [6.45, 7) is 0. The maximum absolute atomic E-state index is 14.9. The maximum Gasteiger partial charge on any atom is 0.416 e. The topological polar surface area (TPSA) is 42.3 Å². The monoisotopic (exact) mass is 752 g/mol. The first-order valence-electron chi connectivity index (χ1n) is 17.5. The first kappa shape index (κ1) is 34.8. The molecule has 7 aromatic carbocycles. The minimum atomic E-state index is -5.03. The molecular formula is C46H26F6N2O2. The second-order valence-corrected chi connectivity index (χ2v) is 13.5. The lowest BCUT2D eigenvalue weighted by atomic mass is 9.97. The highest BCUT2D eigenvalue weighted by molar-refractivity contribution is 6.36. The van der Waals surface area contributed by atoms with Gasteiger partial charge in [0, 0.05) is 16.3 Å². The zero-order valence-corrected chi connectivity index (χ0v) is 29.0. The second-order valence-electron chi connectivity index (χ2n) is 13.5. The lowest BCUT2D eigenvalue weighted by Gasteiger charge is -2.20. The summed E-state index contributed by atoms with van der Waals surface area (Å²) < 4.78 is 85.0. The zero-order valence-electron chi connectivity index (χ0n) is 29.0. The van der Waals surface area contributed by atoms with Crippen molar-refractivity contribution in [3.63, 3.8) is 0 Å². The van der Waals surface area contributed by atoms with Crippen molar-refractivity contribution in [1.82, 2.24) is 4.57 Å². The number of imide groups is 1. The van der Waals surface area contributed by atoms with E-state index in [9.17, 15) is 35.9 Å². The Morgan fingerprint density at radius 2 is 0.982 bits per heavy atom. The molecule has 8 aromatic rings. The molecule has 0 radical (unpaired) electrons. The molecule has 2 amide bonds. The minimum absolute atomic E-state index is 0.0966. The van der Waals surface area contributed by atoms with Crippen LogP contribution in [0.25, 0.3) is 60.9 Å². The fourth-order valence-electron chi connectivity index (χ4n) is 7.59. The van der Waals surface area contributed by atoms with Crippen molar-refractivity contribution in [3.05, 3.63) is 180 Å². The molecule has 0 spiro atoms. The van der Waals surface area contributed by atoms with E-state index in [1.165, 1.54) is 17.0 Å². The number of alkyl halides is 6. The molecule has 2 heterocycles. The molecule has 0 atom stereocenters. The van der Waals surface area contributed by atoms with Gasteiger partial charge in [-0.05, 0) is 76.3 Å². The van der Waals surface area contributed by atoms with Gasteiger partial charge in [-0.1, -0.05) is 109 Å². The fraction of sp³-hybridized carbons (Fsp3) is 0.0435. The van der Waals surface area contributed by atoms with Gasteiger partial charge >= 0.3 is 12.4 Å². The van der Waals surface area contributed by atoms with Gasteiger partial charge in [-0.3, -0.25) is 9.59 Å². The Labute approximate surface area is 315 Å². The molecule has 0 saturated carbocycles. The van der Waals surface area contributed by atoms with Gasteiger partial charge in [0.05, 0.1) is 44.7 Å². The van der Waals surface area contributed by atoms with Gasteiger partial charge < -0.3 is 4.57 Å². The van der Waals surface area contributed by atoms with Gasteiger partial charge in [0.2, 0.25) is 0 Å². The van der Waals surface area contributed by atoms with Gasteiger partial charge in [-0.2, -0.15) is 26.3 Å². The zero-order chi connectivity index (χ0) is 38.9. The SMILES string of the molecule is O=C1c2cccc(-n3c4ccccc4c4ccc(-c5cc(C(F)(F)F)cc(C(F)(F)F)c5)cc43)c2C(=O)N1c1cc(-c2ccccc2)ccc1-c1ccccc1. The molecule has 0 saturated heterocycles. The van der Waals surface area contributed by atoms with Crippen LogP contribution in [0.2, 0.25) is 0 Å². The van der Waals surface area contributed by atoms with Gasteiger partial charge in [0.15, 0.2) is 0 Å². The molecule has 1 aromatic heterocycles. The minimum Gasteiger partial charge on any atom is -0.308 e. The van der Waals surface area contributed by atoms with Crippen molar-refractivity contribution in [3.8, 4) is 39.1 Å². The highest BCUT2D eigenvalue weighted by atomic mass is 19.4. The number of carbonyl (C=O) groups is 2. The summed E-state index contributed by atoms with van der Waals surface area (Å²) in [4.78, 5) is 30.5. The number of para-hydroxylation sites is 1. The van der Waals surface area contributed by atoms with Crippen LogP contribution in [-0.4, -0.2) is 16.4 Å². The molecule has 274 valence electrons. The van der Waals surface area contributed by atoms with Crippen molar-refractivity contribution in [2.24, 2.45) is 0 Å². The number of benzene rings is 7. The summed E-state index contributed by atoms with van der Waals surface area (Å²) >= 11 is 0. The van der Waals surface area contributed by atoms with Crippen molar-refractivity contribution in [1.29, 1.82) is 0 Å². The van der Waals surface area contributed by atoms with Gasteiger partial charge in [0.25, 0.3) is 11.8 Å². The third-order valence-corrected chi connectivity index (χ3v) is 10.2. The molecule has 0 fully saturated rings. The predicted octanol–water partition coefficient (Wildman–Crippen LogP) is 12.6. The van der Waals surface area contributed by atoms with Crippen LogP contribution in [0.4, 0.5) is 32.0 Å². The van der Waals surface area contributed by atoms with Crippen molar-refractivity contribution in [2.75, 3.05) is 4.90 Å². The van der Waals surface area contributed by atoms with Crippen molar-refractivity contribution >= 4 is 39.3 Å². The number of fused-ring (bicyclic) bond motifs is 4. The Hall–Kier alpha value is -6.94. The summed E-state index contributed by atoms with van der Waals surface area (Å²) in [5, 5.41) is 1.36. The van der Waals surface area contributed by atoms with E-state index in [-0.39, 0.29) is 28.3 Å². The highest BCUT2D eigenvalue weighted by Gasteiger charge is 2.41. The molecule has 0 bridgehead atoms. The number of aromatic nitrogens is 1. The lowest BCUT2D eigenvalue weighted by Crippen LogP contribution is -2.30. The Kier molecular flexibility index (Phi) is 7.98. The fourth-order valence-corrected chi connectivity index (χ4v) is 7.59. The summed E-state index contributed by atoms with van der Waals surface area (Å²) in [5.41, 5.74) is 2.05. The maximum atomic E-state index is 14.9. The number of halogens is 6. The molecule has 56 heavy (non-hydrogen) atoms. The number of hydrogen-bond acceptors (Lipinski definition) is 2. The predicted molar refractivity (Wildman–Crippen MR) is 205 cm³/mol. The summed E-state index contributed by atoms with van der Waals surface area (Å²) in [5.74, 6) is -1.13. The number of hydrogen-bond donors (Lipinski definition) is 0. The Bertz CT molecular complexity index is 2850. The van der Waals surface area contributed by atoms with Crippen molar-refractivity contribution in [2.45, 2.75) is 12.4 Å². The number of nitrogens with zero attached hydrogens (tertiary/aromatic N) is 2. The summed E-state index contributed by atoms with van der Waals surface area (Å²) in [6.07, 6.45) is -10.1. The third kappa shape index (κ3) is 5.72. The summed E-state index contributed by atoms with van der Waals surface area (Å²) in [6, 6.07) is 42.8. The quantitative estimate of drug-likeness (QED) is 0.130. The van der Waals surface area contributed by atoms with Crippen molar-refractivity contribution < 1.29 is 35.9 Å². The van der Waals surface area contributed by atoms with Crippen LogP contribution in [0.3, 0.4) is 0 Å². The van der Waals surface area contributed by atoms with Crippen LogP contribution < -0.4 is 4.90 Å². The average Bonchev–Trinajstić information content (AvgIpc) is 3.67. The largest absolute Gasteiger partial charge is 0.416 e. The number of amides is 2. The van der Waals surface area contributed by atoms with E-state index in [0.717, 1.165) is 22.1 Å². The van der Waals surface area contributed by atoms with Crippen LogP contribution in [0, 0.1) is 0 Å². The number of carbonyl (C=O) groups excluding carboxylic acids is 2. The number of anilines is 1. The van der Waals surface area contributed by atoms with Crippen LogP contribution in [0.1, 0.15) is 31.8 Å². The molecular weight excluding hydrogens is 727 g/mol. The molecule has 1 aliphatic rings. The van der Waals surface area contributed by atoms with Crippen LogP contribution in [0.5, 0.6) is 0 Å². The molecule has 4 nitrogen and oxygen atoms in total. The second kappa shape index (κ2) is 12.8. The molecule has 0 aliphatic carbocycles. The molecule has 0 N–H and O–H groups in total. The normalized spacial score (nSPS) is 13.2. The smallest absolute Gasteiger partial charge is 0.308 e. The average molecular weight is 753 g/mol. The summed E-state index contributed by atoms with van der Waals surface area (Å²) in [7, 11) is 0. The third-order valence-electron chi connectivity index (χ3n) is 10.2. The van der Waals surface area contributed by atoms with Crippen LogP contribution in [-0.2, 0) is 12.4 Å². The van der Waals surface area contributed by atoms with Gasteiger partial charge in [-0.15, -0.1) is 0 Å². The first-order valence-corrected chi connectivity index (χ1v) is 17.5. The Morgan fingerprint density at radius 3 is 1.66 bits per heavy atom. The van der Waals surface area contributed by atoms with E-state index >= 15 is 0 Å². The van der Waals surface area contributed by atoms with E-state index in [2.05, 4.69) is 0 Å². The van der Waals surface area contributed by atoms with E-state index < -0.39 is 35.3 Å².